The number of hydrogen-bond acceptors (Lipinski definition) is 0. The molecule has 74 heavy (non-hydrogen) atoms. The van der Waals surface area contributed by atoms with Crippen LogP contribution in [0, 0.1) is 0 Å². The van der Waals surface area contributed by atoms with Crippen LogP contribution in [0.25, 0.3) is 54.6 Å². The third kappa shape index (κ3) is 8.83. The SMILES string of the molecule is C[Si](C)(C)c1cc2c(c([Si](C)(C)C)c1)B(c1ccc3ccc4c(B5c6c(cc([Si](C)(C)C)cc6[Si](C)(C)C)-c6cc([Si](C)(C)C)cc([Si](C)(C)C)c65)ccc5ccc1c3c54)c1c-2cc([Si](C)(C)C)cc1[Si](C)(C)C. The molecule has 10 heteroatoms. The molecule has 0 radical (unpaired) electrons. The normalized spacial score (nSPS) is 14.7. The van der Waals surface area contributed by atoms with Crippen LogP contribution in [0.5, 0.6) is 0 Å². The smallest absolute Gasteiger partial charge is 0.0657 e. The van der Waals surface area contributed by atoms with E-state index in [4.69, 9.17) is 0 Å². The van der Waals surface area contributed by atoms with Crippen molar-refractivity contribution in [2.75, 3.05) is 0 Å². The first-order chi connectivity index (χ1) is 33.8. The molecule has 8 aromatic carbocycles. The van der Waals surface area contributed by atoms with E-state index in [0.29, 0.717) is 0 Å². The molecule has 2 heterocycles. The summed E-state index contributed by atoms with van der Waals surface area (Å²) in [5.41, 5.74) is 15.8. The Labute approximate surface area is 457 Å². The van der Waals surface area contributed by atoms with Crippen molar-refractivity contribution < 1.29 is 0 Å². The standard InChI is InChI=1S/C64H88B2Si8/c1-67(2,3)43-33-49-50-34-44(68(4,5)6)38-56(72(16,17)18)62(50)65(61(49)55(37-43)71(13,14)15)53-31-27-41-26-30-48-54(32-28-42-25-29-47(53)59(41)60(42)48)66-63-51(35-45(69(7,8)9)39-57(63)73(19,20)21)52-36-46(70(10,11)12)40-58(64(52)66)74(22,23)24/h25-40H,1-24H3. The maximum atomic E-state index is 2.74. The Balaban J connectivity index is 1.33. The van der Waals surface area contributed by atoms with Gasteiger partial charge in [0.15, 0.2) is 0 Å². The molecule has 0 amide bonds. The van der Waals surface area contributed by atoms with Gasteiger partial charge in [-0.25, -0.2) is 0 Å². The summed E-state index contributed by atoms with van der Waals surface area (Å²) in [4.78, 5) is 0. The predicted molar refractivity (Wildman–Crippen MR) is 367 cm³/mol. The van der Waals surface area contributed by atoms with Crippen LogP contribution < -0.4 is 74.3 Å². The van der Waals surface area contributed by atoms with Crippen LogP contribution >= 0.6 is 0 Å². The molecule has 0 aromatic heterocycles. The van der Waals surface area contributed by atoms with Crippen molar-refractivity contribution in [2.24, 2.45) is 0 Å². The first-order valence-corrected chi connectivity index (χ1v) is 56.2. The number of rotatable bonds is 10. The highest BCUT2D eigenvalue weighted by molar-refractivity contribution is 7.11. The second-order valence-electron chi connectivity index (χ2n) is 31.5. The van der Waals surface area contributed by atoms with Crippen LogP contribution in [0.3, 0.4) is 0 Å². The van der Waals surface area contributed by atoms with Gasteiger partial charge in [0.25, 0.3) is 0 Å². The van der Waals surface area contributed by atoms with Crippen LogP contribution in [0.4, 0.5) is 0 Å². The van der Waals surface area contributed by atoms with E-state index in [1.54, 1.807) is 85.6 Å². The molecule has 0 N–H and O–H groups in total. The summed E-state index contributed by atoms with van der Waals surface area (Å²) >= 11 is 0. The fourth-order valence-electron chi connectivity index (χ4n) is 13.2. The molecule has 382 valence electrons. The van der Waals surface area contributed by atoms with Gasteiger partial charge in [-0.05, 0) is 54.6 Å². The summed E-state index contributed by atoms with van der Waals surface area (Å²) < 4.78 is 0. The van der Waals surface area contributed by atoms with Crippen LogP contribution in [0.2, 0.25) is 157 Å². The molecular weight excluding hydrogens is 1020 g/mol. The quantitative estimate of drug-likeness (QED) is 0.0946. The largest absolute Gasteiger partial charge is 0.243 e. The first kappa shape index (κ1) is 54.0. The molecule has 8 aromatic rings. The minimum Gasteiger partial charge on any atom is -0.0657 e. The lowest BCUT2D eigenvalue weighted by Crippen LogP contribution is -2.65. The van der Waals surface area contributed by atoms with Crippen molar-refractivity contribution in [3.8, 4) is 22.3 Å². The highest BCUT2D eigenvalue weighted by Crippen LogP contribution is 2.36. The Morgan fingerprint density at radius 3 is 0.662 bits per heavy atom. The summed E-state index contributed by atoms with van der Waals surface area (Å²) in [6, 6.07) is 42.2. The van der Waals surface area contributed by atoms with Crippen molar-refractivity contribution in [2.45, 2.75) is 157 Å². The van der Waals surface area contributed by atoms with Crippen molar-refractivity contribution in [3.63, 3.8) is 0 Å². The highest BCUT2D eigenvalue weighted by atomic mass is 28.3. The fraction of sp³-hybridized carbons (Fsp3) is 0.375. The highest BCUT2D eigenvalue weighted by Gasteiger charge is 2.46. The van der Waals surface area contributed by atoms with Crippen molar-refractivity contribution in [1.29, 1.82) is 0 Å². The Morgan fingerprint density at radius 2 is 0.459 bits per heavy atom. The van der Waals surface area contributed by atoms with Gasteiger partial charge in [-0.2, -0.15) is 0 Å². The Kier molecular flexibility index (Phi) is 12.5. The lowest BCUT2D eigenvalue weighted by molar-refractivity contribution is 1.66. The molecule has 0 fully saturated rings. The lowest BCUT2D eigenvalue weighted by atomic mass is 9.37. The average Bonchev–Trinajstić information content (AvgIpc) is 3.77. The van der Waals surface area contributed by atoms with Gasteiger partial charge in [0.05, 0.1) is 64.6 Å². The van der Waals surface area contributed by atoms with Crippen LogP contribution in [-0.4, -0.2) is 78.0 Å². The van der Waals surface area contributed by atoms with E-state index in [9.17, 15) is 0 Å². The van der Waals surface area contributed by atoms with Gasteiger partial charge in [-0.3, -0.25) is 0 Å². The molecule has 0 aliphatic carbocycles. The lowest BCUT2D eigenvalue weighted by Gasteiger charge is -2.30. The van der Waals surface area contributed by atoms with Gasteiger partial charge in [0.2, 0.25) is 13.4 Å². The van der Waals surface area contributed by atoms with Crippen molar-refractivity contribution in [3.05, 3.63) is 97.1 Å². The monoisotopic (exact) mass is 1100 g/mol. The van der Waals surface area contributed by atoms with E-state index < -0.39 is 64.6 Å². The molecule has 0 saturated heterocycles. The van der Waals surface area contributed by atoms with Crippen LogP contribution in [0.15, 0.2) is 97.1 Å². The second kappa shape index (κ2) is 17.1. The number of hydrogen-bond donors (Lipinski definition) is 0. The minimum atomic E-state index is -1.85. The minimum absolute atomic E-state index is 0.187. The van der Waals surface area contributed by atoms with Gasteiger partial charge in [-0.1, -0.05) is 328 Å². The molecule has 0 spiro atoms. The van der Waals surface area contributed by atoms with E-state index in [2.05, 4.69) is 254 Å². The summed E-state index contributed by atoms with van der Waals surface area (Å²) in [7, 11) is -14.1. The van der Waals surface area contributed by atoms with Gasteiger partial charge >= 0.3 is 0 Å². The molecule has 2 aliphatic rings. The maximum Gasteiger partial charge on any atom is 0.243 e. The van der Waals surface area contributed by atoms with E-state index in [1.807, 2.05) is 0 Å². The summed E-state index contributed by atoms with van der Waals surface area (Å²) in [5, 5.41) is 21.8. The van der Waals surface area contributed by atoms with Gasteiger partial charge in [0, 0.05) is 0 Å². The van der Waals surface area contributed by atoms with Crippen LogP contribution in [0.1, 0.15) is 0 Å². The Hall–Kier alpha value is -3.34. The molecule has 0 unspecified atom stereocenters. The molecular formula is C64H88B2Si8. The van der Waals surface area contributed by atoms with Gasteiger partial charge in [-0.15, -0.1) is 0 Å². The average molecular weight is 1100 g/mol. The second-order valence-corrected chi connectivity index (χ2v) is 72.0. The number of fused-ring (bicyclic) bond motifs is 6. The summed E-state index contributed by atoms with van der Waals surface area (Å²) in [5.74, 6) is 0. The molecule has 0 atom stereocenters. The number of benzene rings is 8. The molecule has 0 bridgehead atoms. The first-order valence-electron chi connectivity index (χ1n) is 28.2. The van der Waals surface area contributed by atoms with E-state index >= 15 is 0 Å². The van der Waals surface area contributed by atoms with E-state index in [1.165, 1.54) is 43.2 Å². The third-order valence-corrected chi connectivity index (χ3v) is 33.7. The maximum absolute atomic E-state index is 2.74. The van der Waals surface area contributed by atoms with Crippen LogP contribution in [-0.2, 0) is 0 Å². The summed E-state index contributed by atoms with van der Waals surface area (Å²) in [6.45, 7) is 62.5. The zero-order chi connectivity index (χ0) is 54.3. The molecule has 0 saturated carbocycles. The fourth-order valence-corrected chi connectivity index (χ4v) is 25.1. The van der Waals surface area contributed by atoms with Crippen molar-refractivity contribution in [1.82, 2.24) is 0 Å². The molecule has 2 aliphatic heterocycles. The Morgan fingerprint density at radius 1 is 0.243 bits per heavy atom. The van der Waals surface area contributed by atoms with Gasteiger partial charge in [0.1, 0.15) is 0 Å². The predicted octanol–water partition coefficient (Wildman–Crippen LogP) is 9.94. The molecule has 0 nitrogen and oxygen atoms in total. The van der Waals surface area contributed by atoms with Crippen molar-refractivity contribution >= 4 is 185 Å². The van der Waals surface area contributed by atoms with Gasteiger partial charge < -0.3 is 0 Å². The summed E-state index contributed by atoms with van der Waals surface area (Å²) in [6.07, 6.45) is 0. The zero-order valence-corrected chi connectivity index (χ0v) is 58.4. The third-order valence-electron chi connectivity index (χ3n) is 17.5. The topological polar surface area (TPSA) is 0 Å². The zero-order valence-electron chi connectivity index (χ0n) is 50.4. The molecule has 10 rings (SSSR count). The van der Waals surface area contributed by atoms with E-state index in [-0.39, 0.29) is 13.4 Å². The Bertz CT molecular complexity index is 3240. The van der Waals surface area contributed by atoms with E-state index in [0.717, 1.165) is 0 Å².